The smallest absolute Gasteiger partial charge is 0.326 e. The minimum absolute atomic E-state index is 0.0542. The molecule has 11 nitrogen and oxygen atoms in total. The van der Waals surface area contributed by atoms with E-state index in [9.17, 15) is 34.2 Å². The lowest BCUT2D eigenvalue weighted by Gasteiger charge is -2.24. The van der Waals surface area contributed by atoms with E-state index in [1.165, 1.54) is 0 Å². The number of carbonyl (C=O) groups excluding carboxylic acids is 3. The Hall–Kier alpha value is -5.19. The molecule has 3 aromatic carbocycles. The van der Waals surface area contributed by atoms with Crippen LogP contribution in [0.3, 0.4) is 0 Å². The molecule has 3 unspecified atom stereocenters. The van der Waals surface area contributed by atoms with Gasteiger partial charge in [0.15, 0.2) is 0 Å². The molecule has 0 spiro atoms. The van der Waals surface area contributed by atoms with Gasteiger partial charge in [-0.15, -0.1) is 0 Å². The SMILES string of the molecule is CC(C)CC(C(=O)NC(Cc1ccccc1CC(NC(=O)CC(C)(C)C)C(=O)O)C(=O)O)c1ccc(NC(=O)Nc2ccccc2)cc1. The normalized spacial score (nSPS) is 13.1. The molecule has 256 valence electrons. The zero-order valence-electron chi connectivity index (χ0n) is 28.1. The van der Waals surface area contributed by atoms with Crippen molar-refractivity contribution >= 4 is 41.2 Å². The van der Waals surface area contributed by atoms with Crippen molar-refractivity contribution in [1.82, 2.24) is 10.6 Å². The summed E-state index contributed by atoms with van der Waals surface area (Å²) in [7, 11) is 0. The number of aliphatic carboxylic acids is 2. The second-order valence-electron chi connectivity index (χ2n) is 13.5. The fourth-order valence-corrected chi connectivity index (χ4v) is 5.27. The van der Waals surface area contributed by atoms with Crippen molar-refractivity contribution in [2.45, 2.75) is 78.3 Å². The van der Waals surface area contributed by atoms with Crippen LogP contribution in [0.1, 0.15) is 70.1 Å². The van der Waals surface area contributed by atoms with E-state index >= 15 is 0 Å². The molecule has 3 rings (SSSR count). The first-order valence-electron chi connectivity index (χ1n) is 16.0. The molecule has 48 heavy (non-hydrogen) atoms. The molecule has 3 aromatic rings. The van der Waals surface area contributed by atoms with Crippen LogP contribution < -0.4 is 21.3 Å². The summed E-state index contributed by atoms with van der Waals surface area (Å²) >= 11 is 0. The van der Waals surface area contributed by atoms with Gasteiger partial charge in [0.2, 0.25) is 11.8 Å². The van der Waals surface area contributed by atoms with E-state index in [-0.39, 0.29) is 30.6 Å². The molecular weight excluding hydrogens is 612 g/mol. The lowest BCUT2D eigenvalue weighted by Crippen LogP contribution is -2.45. The average Bonchev–Trinajstić information content (AvgIpc) is 2.99. The summed E-state index contributed by atoms with van der Waals surface area (Å²) in [5.74, 6) is -3.85. The van der Waals surface area contributed by atoms with Gasteiger partial charge in [0, 0.05) is 30.6 Å². The number of para-hydroxylation sites is 1. The molecule has 0 saturated carbocycles. The van der Waals surface area contributed by atoms with Gasteiger partial charge in [0.05, 0.1) is 5.92 Å². The molecular formula is C37H46N4O7. The largest absolute Gasteiger partial charge is 0.480 e. The molecule has 0 aliphatic rings. The van der Waals surface area contributed by atoms with E-state index in [0.717, 1.165) is 0 Å². The van der Waals surface area contributed by atoms with Crippen molar-refractivity contribution in [2.75, 3.05) is 10.6 Å². The molecule has 0 heterocycles. The van der Waals surface area contributed by atoms with Crippen molar-refractivity contribution in [2.24, 2.45) is 11.3 Å². The lowest BCUT2D eigenvalue weighted by atomic mass is 9.88. The van der Waals surface area contributed by atoms with Crippen LogP contribution in [-0.2, 0) is 32.0 Å². The van der Waals surface area contributed by atoms with E-state index in [4.69, 9.17) is 0 Å². The number of hydrogen-bond acceptors (Lipinski definition) is 5. The van der Waals surface area contributed by atoms with Gasteiger partial charge in [-0.3, -0.25) is 9.59 Å². The summed E-state index contributed by atoms with van der Waals surface area (Å²) in [5.41, 5.74) is 2.59. The Morgan fingerprint density at radius 1 is 0.667 bits per heavy atom. The number of carboxylic acids is 2. The van der Waals surface area contributed by atoms with Gasteiger partial charge >= 0.3 is 18.0 Å². The molecule has 6 N–H and O–H groups in total. The molecule has 0 saturated heterocycles. The number of urea groups is 1. The first-order chi connectivity index (χ1) is 22.6. The first-order valence-corrected chi connectivity index (χ1v) is 16.0. The van der Waals surface area contributed by atoms with E-state index in [1.807, 2.05) is 52.8 Å². The Morgan fingerprint density at radius 3 is 1.62 bits per heavy atom. The quantitative estimate of drug-likeness (QED) is 0.119. The molecule has 0 aliphatic carbocycles. The maximum absolute atomic E-state index is 13.7. The maximum atomic E-state index is 13.7. The number of nitrogens with one attached hydrogen (secondary N) is 4. The van der Waals surface area contributed by atoms with Gasteiger partial charge in [-0.2, -0.15) is 0 Å². The highest BCUT2D eigenvalue weighted by Gasteiger charge is 2.29. The van der Waals surface area contributed by atoms with Gasteiger partial charge < -0.3 is 31.5 Å². The van der Waals surface area contributed by atoms with Crippen molar-refractivity contribution < 1.29 is 34.2 Å². The van der Waals surface area contributed by atoms with Crippen LogP contribution in [0.25, 0.3) is 0 Å². The zero-order chi connectivity index (χ0) is 35.4. The maximum Gasteiger partial charge on any atom is 0.326 e. The molecule has 0 radical (unpaired) electrons. The Labute approximate surface area is 281 Å². The lowest BCUT2D eigenvalue weighted by molar-refractivity contribution is -0.142. The summed E-state index contributed by atoms with van der Waals surface area (Å²) in [6.45, 7) is 9.57. The van der Waals surface area contributed by atoms with Crippen LogP contribution in [0.15, 0.2) is 78.9 Å². The topological polar surface area (TPSA) is 174 Å². The molecule has 0 bridgehead atoms. The molecule has 11 heteroatoms. The van der Waals surface area contributed by atoms with Crippen LogP contribution in [0.4, 0.5) is 16.2 Å². The van der Waals surface area contributed by atoms with Gasteiger partial charge in [0.1, 0.15) is 12.1 Å². The van der Waals surface area contributed by atoms with Gasteiger partial charge in [0.25, 0.3) is 0 Å². The monoisotopic (exact) mass is 658 g/mol. The fraction of sp³-hybridized carbons (Fsp3) is 0.378. The highest BCUT2D eigenvalue weighted by molar-refractivity contribution is 5.99. The zero-order valence-corrected chi connectivity index (χ0v) is 28.1. The van der Waals surface area contributed by atoms with E-state index in [2.05, 4.69) is 21.3 Å². The number of carboxylic acid groups (broad SMARTS) is 2. The third kappa shape index (κ3) is 12.2. The summed E-state index contributed by atoms with van der Waals surface area (Å²) in [5, 5.41) is 30.7. The summed E-state index contributed by atoms with van der Waals surface area (Å²) in [4.78, 5) is 63.0. The van der Waals surface area contributed by atoms with E-state index < -0.39 is 47.8 Å². The van der Waals surface area contributed by atoms with Crippen LogP contribution in [0.5, 0.6) is 0 Å². The minimum atomic E-state index is -1.30. The summed E-state index contributed by atoms with van der Waals surface area (Å²) in [6, 6.07) is 19.7. The average molecular weight is 659 g/mol. The Kier molecular flexibility index (Phi) is 13.3. The predicted molar refractivity (Wildman–Crippen MR) is 185 cm³/mol. The number of carbonyl (C=O) groups is 5. The van der Waals surface area contributed by atoms with Crippen LogP contribution in [0, 0.1) is 11.3 Å². The van der Waals surface area contributed by atoms with Gasteiger partial charge in [-0.1, -0.05) is 89.2 Å². The third-order valence-electron chi connectivity index (χ3n) is 7.53. The third-order valence-corrected chi connectivity index (χ3v) is 7.53. The standard InChI is InChI=1S/C37H46N4O7/c1-23(2)19-29(24-15-17-28(18-16-24)39-36(48)38-27-13-7-6-8-14-27)33(43)41-31(35(46)47)21-26-12-10-9-11-25(26)20-30(34(44)45)40-32(42)22-37(3,4)5/h6-18,23,29-31H,19-22H2,1-5H3,(H,40,42)(H,41,43)(H,44,45)(H,46,47)(H2,38,39,48). The number of benzene rings is 3. The van der Waals surface area contributed by atoms with Crippen molar-refractivity contribution in [3.8, 4) is 0 Å². The highest BCUT2D eigenvalue weighted by Crippen LogP contribution is 2.26. The highest BCUT2D eigenvalue weighted by atomic mass is 16.4. The Bertz CT molecular complexity index is 1570. The van der Waals surface area contributed by atoms with Crippen molar-refractivity contribution in [1.29, 1.82) is 0 Å². The first kappa shape index (κ1) is 37.3. The fourth-order valence-electron chi connectivity index (χ4n) is 5.27. The second kappa shape index (κ2) is 17.1. The molecule has 0 fully saturated rings. The molecule has 4 amide bonds. The van der Waals surface area contributed by atoms with Gasteiger partial charge in [-0.05, 0) is 58.7 Å². The van der Waals surface area contributed by atoms with E-state index in [0.29, 0.717) is 34.5 Å². The van der Waals surface area contributed by atoms with Gasteiger partial charge in [-0.25, -0.2) is 14.4 Å². The van der Waals surface area contributed by atoms with Crippen molar-refractivity contribution in [3.63, 3.8) is 0 Å². The summed E-state index contributed by atoms with van der Waals surface area (Å²) < 4.78 is 0. The Balaban J connectivity index is 1.74. The summed E-state index contributed by atoms with van der Waals surface area (Å²) in [6.07, 6.45) is 0.450. The van der Waals surface area contributed by atoms with Crippen LogP contribution in [0.2, 0.25) is 0 Å². The van der Waals surface area contributed by atoms with Crippen LogP contribution >= 0.6 is 0 Å². The van der Waals surface area contributed by atoms with Crippen molar-refractivity contribution in [3.05, 3.63) is 95.6 Å². The van der Waals surface area contributed by atoms with Crippen LogP contribution in [-0.4, -0.2) is 52.1 Å². The molecule has 3 atom stereocenters. The number of rotatable bonds is 15. The molecule has 0 aromatic heterocycles. The number of anilines is 2. The molecule has 0 aliphatic heterocycles. The minimum Gasteiger partial charge on any atom is -0.480 e. The number of amides is 4. The second-order valence-corrected chi connectivity index (χ2v) is 13.5. The Morgan fingerprint density at radius 2 is 1.15 bits per heavy atom. The van der Waals surface area contributed by atoms with E-state index in [1.54, 1.807) is 60.7 Å². The predicted octanol–water partition coefficient (Wildman–Crippen LogP) is 5.82. The number of hydrogen-bond donors (Lipinski definition) is 6.